The predicted octanol–water partition coefficient (Wildman–Crippen LogP) is 7.51. The highest BCUT2D eigenvalue weighted by molar-refractivity contribution is 6.42. The quantitative estimate of drug-likeness (QED) is 0.119. The molecule has 2 aliphatic heterocycles. The second-order valence-corrected chi connectivity index (χ2v) is 13.2. The van der Waals surface area contributed by atoms with Crippen molar-refractivity contribution in [2.45, 2.75) is 51.1 Å². The summed E-state index contributed by atoms with van der Waals surface area (Å²) >= 11 is 12.9. The van der Waals surface area contributed by atoms with Crippen molar-refractivity contribution in [2.24, 2.45) is 5.92 Å². The van der Waals surface area contributed by atoms with Gasteiger partial charge in [0, 0.05) is 37.6 Å². The molecule has 4 aromatic rings. The number of nitrogens with zero attached hydrogens (tertiary/aromatic N) is 4. The van der Waals surface area contributed by atoms with Gasteiger partial charge in [-0.1, -0.05) is 71.7 Å². The van der Waals surface area contributed by atoms with Crippen LogP contribution in [0.5, 0.6) is 0 Å². The van der Waals surface area contributed by atoms with E-state index in [-0.39, 0.29) is 17.1 Å². The van der Waals surface area contributed by atoms with Gasteiger partial charge in [-0.05, 0) is 94.2 Å². The molecule has 2 aliphatic rings. The maximum atomic E-state index is 13.8. The first-order valence-corrected chi connectivity index (χ1v) is 16.7. The van der Waals surface area contributed by atoms with Crippen molar-refractivity contribution in [3.05, 3.63) is 99.8 Å². The van der Waals surface area contributed by atoms with Gasteiger partial charge in [0.05, 0.1) is 27.7 Å². The number of Topliss-reactive ketones (excluding diaryl/α,β-unsaturated/α-hetero) is 1. The number of piperidine rings is 1. The summed E-state index contributed by atoms with van der Waals surface area (Å²) < 4.78 is 7.68. The molecule has 44 heavy (non-hydrogen) atoms. The number of hydrogen-bond acceptors (Lipinski definition) is 5. The number of ketones is 1. The molecule has 3 aromatic carbocycles. The Morgan fingerprint density at radius 3 is 2.48 bits per heavy atom. The highest BCUT2D eigenvalue weighted by Crippen LogP contribution is 2.41. The predicted molar refractivity (Wildman–Crippen MR) is 179 cm³/mol. The zero-order chi connectivity index (χ0) is 30.5. The third kappa shape index (κ3) is 6.90. The van der Waals surface area contributed by atoms with Gasteiger partial charge >= 0.3 is 0 Å². The maximum absolute atomic E-state index is 13.8. The van der Waals surface area contributed by atoms with Crippen LogP contribution in [0.25, 0.3) is 11.0 Å². The molecule has 0 spiro atoms. The normalized spacial score (nSPS) is 20.1. The lowest BCUT2D eigenvalue weighted by Gasteiger charge is -2.36. The topological polar surface area (TPSA) is 50.6 Å². The average molecular weight is 634 g/mol. The Morgan fingerprint density at radius 2 is 1.70 bits per heavy atom. The van der Waals surface area contributed by atoms with Crippen molar-refractivity contribution in [1.29, 1.82) is 0 Å². The number of carbonyl (C=O) groups is 1. The summed E-state index contributed by atoms with van der Waals surface area (Å²) in [4.78, 5) is 23.7. The van der Waals surface area contributed by atoms with E-state index in [1.165, 1.54) is 11.1 Å². The van der Waals surface area contributed by atoms with E-state index in [0.717, 1.165) is 76.0 Å². The molecule has 0 N–H and O–H groups in total. The molecule has 2 saturated heterocycles. The summed E-state index contributed by atoms with van der Waals surface area (Å²) in [5.41, 5.74) is 4.50. The lowest BCUT2D eigenvalue weighted by molar-refractivity contribution is 0.0813. The minimum atomic E-state index is -0.00853. The molecule has 0 saturated carbocycles. The van der Waals surface area contributed by atoms with Gasteiger partial charge in [0.15, 0.2) is 5.82 Å². The van der Waals surface area contributed by atoms with E-state index in [9.17, 15) is 4.79 Å². The van der Waals surface area contributed by atoms with E-state index in [2.05, 4.69) is 56.8 Å². The van der Waals surface area contributed by atoms with E-state index in [0.29, 0.717) is 35.6 Å². The zero-order valence-electron chi connectivity index (χ0n) is 25.6. The first-order chi connectivity index (χ1) is 21.5. The summed E-state index contributed by atoms with van der Waals surface area (Å²) in [5.74, 6) is 0.732. The fraction of sp³-hybridized carbons (Fsp3) is 0.444. The van der Waals surface area contributed by atoms with Gasteiger partial charge in [0.25, 0.3) is 0 Å². The number of imidazole rings is 1. The van der Waals surface area contributed by atoms with Crippen LogP contribution in [0.2, 0.25) is 10.0 Å². The lowest BCUT2D eigenvalue weighted by Crippen LogP contribution is -2.41. The van der Waals surface area contributed by atoms with Crippen LogP contribution >= 0.6 is 23.2 Å². The molecule has 2 fully saturated rings. The molecule has 6 nitrogen and oxygen atoms in total. The van der Waals surface area contributed by atoms with Crippen LogP contribution < -0.4 is 0 Å². The first-order valence-electron chi connectivity index (χ1n) is 16.0. The van der Waals surface area contributed by atoms with Crippen LogP contribution in [0, 0.1) is 5.92 Å². The van der Waals surface area contributed by atoms with E-state index < -0.39 is 0 Å². The smallest absolute Gasteiger partial charge is 0.201 e. The van der Waals surface area contributed by atoms with Crippen LogP contribution in [0.3, 0.4) is 0 Å². The Morgan fingerprint density at radius 1 is 0.932 bits per heavy atom. The van der Waals surface area contributed by atoms with Gasteiger partial charge in [-0.15, -0.1) is 0 Å². The van der Waals surface area contributed by atoms with Crippen molar-refractivity contribution < 1.29 is 9.53 Å². The lowest BCUT2D eigenvalue weighted by atomic mass is 9.76. The van der Waals surface area contributed by atoms with E-state index >= 15 is 0 Å². The van der Waals surface area contributed by atoms with Crippen molar-refractivity contribution in [3.63, 3.8) is 0 Å². The number of carbonyl (C=O) groups excluding carboxylic acids is 1. The number of hydrogen-bond donors (Lipinski definition) is 0. The Bertz CT molecular complexity index is 1570. The average Bonchev–Trinajstić information content (AvgIpc) is 3.64. The molecule has 1 aromatic heterocycles. The standard InChI is InChI=1S/C36H42Cl2N4O2/c1-2-44-23-22-42-33-11-7-6-10-32(33)39-35(42)34(43)28-14-18-40(19-15-28)20-16-36(29-12-13-30(37)31(38)24-29)17-21-41(26-36)25-27-8-4-3-5-9-27/h3-13,24,28H,2,14-23,25-26H2,1H3. The van der Waals surface area contributed by atoms with Crippen LogP contribution in [0.1, 0.15) is 54.4 Å². The van der Waals surface area contributed by atoms with Crippen LogP contribution in [-0.2, 0) is 23.2 Å². The summed E-state index contributed by atoms with van der Waals surface area (Å²) in [7, 11) is 0. The molecule has 0 radical (unpaired) electrons. The van der Waals surface area contributed by atoms with Gasteiger partial charge in [0.2, 0.25) is 5.78 Å². The number of likely N-dealkylation sites (tertiary alicyclic amines) is 2. The third-order valence-corrected chi connectivity index (χ3v) is 10.4. The maximum Gasteiger partial charge on any atom is 0.201 e. The number of benzene rings is 3. The first kappa shape index (κ1) is 31.3. The monoisotopic (exact) mass is 632 g/mol. The summed E-state index contributed by atoms with van der Waals surface area (Å²) in [6.45, 7) is 9.67. The molecular formula is C36H42Cl2N4O2. The number of ether oxygens (including phenoxy) is 1. The summed E-state index contributed by atoms with van der Waals surface area (Å²) in [6.07, 6.45) is 3.84. The molecule has 0 aliphatic carbocycles. The number of para-hydroxylation sites is 2. The second kappa shape index (κ2) is 14.1. The largest absolute Gasteiger partial charge is 0.380 e. The van der Waals surface area contributed by atoms with Gasteiger partial charge in [-0.2, -0.15) is 0 Å². The van der Waals surface area contributed by atoms with Crippen molar-refractivity contribution >= 4 is 40.0 Å². The van der Waals surface area contributed by atoms with Crippen LogP contribution in [-0.4, -0.2) is 71.1 Å². The SMILES string of the molecule is CCOCCn1c(C(=O)C2CCN(CCC3(c4ccc(Cl)c(Cl)c4)CCN(Cc4ccccc4)C3)CC2)nc2ccccc21. The molecule has 6 rings (SSSR count). The second-order valence-electron chi connectivity index (χ2n) is 12.4. The van der Waals surface area contributed by atoms with Gasteiger partial charge < -0.3 is 14.2 Å². The van der Waals surface area contributed by atoms with Crippen LogP contribution in [0.4, 0.5) is 0 Å². The summed E-state index contributed by atoms with van der Waals surface area (Å²) in [6, 6.07) is 24.9. The van der Waals surface area contributed by atoms with Gasteiger partial charge in [0.1, 0.15) is 0 Å². The molecule has 0 bridgehead atoms. The molecule has 1 atom stereocenters. The van der Waals surface area contributed by atoms with E-state index in [1.807, 2.05) is 37.3 Å². The zero-order valence-corrected chi connectivity index (χ0v) is 27.1. The Hall–Kier alpha value is -2.74. The number of aromatic nitrogens is 2. The number of halogens is 2. The van der Waals surface area contributed by atoms with Gasteiger partial charge in [-0.3, -0.25) is 9.69 Å². The Balaban J connectivity index is 1.11. The number of fused-ring (bicyclic) bond motifs is 1. The molecular weight excluding hydrogens is 591 g/mol. The minimum Gasteiger partial charge on any atom is -0.380 e. The van der Waals surface area contributed by atoms with Crippen molar-refractivity contribution in [2.75, 3.05) is 45.9 Å². The summed E-state index contributed by atoms with van der Waals surface area (Å²) in [5, 5.41) is 1.22. The molecule has 8 heteroatoms. The van der Waals surface area contributed by atoms with E-state index in [1.54, 1.807) is 0 Å². The van der Waals surface area contributed by atoms with Gasteiger partial charge in [-0.25, -0.2) is 4.98 Å². The molecule has 0 amide bonds. The fourth-order valence-electron chi connectivity index (χ4n) is 7.11. The van der Waals surface area contributed by atoms with Crippen molar-refractivity contribution in [1.82, 2.24) is 19.4 Å². The number of rotatable bonds is 12. The van der Waals surface area contributed by atoms with Crippen molar-refractivity contribution in [3.8, 4) is 0 Å². The highest BCUT2D eigenvalue weighted by Gasteiger charge is 2.40. The minimum absolute atomic E-state index is 0.00853. The highest BCUT2D eigenvalue weighted by atomic mass is 35.5. The molecule has 3 heterocycles. The Labute approximate surface area is 270 Å². The third-order valence-electron chi connectivity index (χ3n) is 9.62. The fourth-order valence-corrected chi connectivity index (χ4v) is 7.41. The molecule has 232 valence electrons. The Kier molecular flexibility index (Phi) is 10.0. The van der Waals surface area contributed by atoms with Crippen LogP contribution in [0.15, 0.2) is 72.8 Å². The molecule has 1 unspecified atom stereocenters. The van der Waals surface area contributed by atoms with E-state index in [4.69, 9.17) is 32.9 Å².